The summed E-state index contributed by atoms with van der Waals surface area (Å²) < 4.78 is 4.67. The lowest BCUT2D eigenvalue weighted by Gasteiger charge is -2.31. The Kier molecular flexibility index (Phi) is 32.5. The second-order valence-corrected chi connectivity index (χ2v) is 13.3. The molecule has 0 spiro atoms. The molecule has 14 heteroatoms. The summed E-state index contributed by atoms with van der Waals surface area (Å²) in [6.07, 6.45) is 9.41. The number of likely N-dealkylation sites (N-methyl/N-ethyl adjacent to an activating group) is 1. The van der Waals surface area contributed by atoms with E-state index < -0.39 is 5.97 Å². The highest BCUT2D eigenvalue weighted by atomic mass is 16.5. The van der Waals surface area contributed by atoms with Crippen LogP contribution in [0.1, 0.15) is 122 Å². The first-order valence-corrected chi connectivity index (χ1v) is 17.9. The monoisotopic (exact) mass is 755 g/mol. The van der Waals surface area contributed by atoms with Crippen LogP contribution in [0.2, 0.25) is 0 Å². The van der Waals surface area contributed by atoms with Gasteiger partial charge in [-0.1, -0.05) is 29.7 Å². The van der Waals surface area contributed by atoms with Crippen molar-refractivity contribution in [2.75, 3.05) is 79.6 Å². The van der Waals surface area contributed by atoms with Gasteiger partial charge in [-0.2, -0.15) is 0 Å². The van der Waals surface area contributed by atoms with Crippen LogP contribution >= 0.6 is 0 Å². The van der Waals surface area contributed by atoms with Gasteiger partial charge < -0.3 is 34.3 Å². The van der Waals surface area contributed by atoms with E-state index in [9.17, 15) is 9.59 Å². The van der Waals surface area contributed by atoms with E-state index in [1.54, 1.807) is 13.8 Å². The fraction of sp³-hybridized carbons (Fsp3) is 0.821. The predicted molar refractivity (Wildman–Crippen MR) is 226 cm³/mol. The summed E-state index contributed by atoms with van der Waals surface area (Å²) in [5.74, 6) is 2.79. The average molecular weight is 755 g/mol. The summed E-state index contributed by atoms with van der Waals surface area (Å²) in [7, 11) is 3.49. The maximum absolute atomic E-state index is 11.1. The minimum atomic E-state index is -0.697. The summed E-state index contributed by atoms with van der Waals surface area (Å²) in [6, 6.07) is 0. The predicted octanol–water partition coefficient (Wildman–Crippen LogP) is 7.09. The maximum atomic E-state index is 11.1. The van der Waals surface area contributed by atoms with Crippen molar-refractivity contribution >= 4 is 41.1 Å². The van der Waals surface area contributed by atoms with Crippen LogP contribution in [0.15, 0.2) is 4.99 Å². The van der Waals surface area contributed by atoms with Crippen LogP contribution in [0.5, 0.6) is 0 Å². The van der Waals surface area contributed by atoms with Crippen LogP contribution in [-0.4, -0.2) is 150 Å². The van der Waals surface area contributed by atoms with E-state index in [-0.39, 0.29) is 47.5 Å². The van der Waals surface area contributed by atoms with Crippen LogP contribution < -0.4 is 0 Å². The first-order chi connectivity index (χ1) is 23.2. The van der Waals surface area contributed by atoms with E-state index in [1.807, 2.05) is 30.6 Å². The number of nitrogens with one attached hydrogen (secondary N) is 4. The van der Waals surface area contributed by atoms with E-state index in [4.69, 9.17) is 26.7 Å². The molecule has 5 aliphatic heterocycles. The Morgan fingerprint density at radius 3 is 1.15 bits per heavy atom. The van der Waals surface area contributed by atoms with Gasteiger partial charge in [-0.15, -0.1) is 0 Å². The van der Waals surface area contributed by atoms with Gasteiger partial charge in [0.2, 0.25) is 0 Å². The molecule has 0 saturated carbocycles. The Labute approximate surface area is 324 Å². The average Bonchev–Trinajstić information content (AvgIpc) is 3.78. The fourth-order valence-corrected chi connectivity index (χ4v) is 6.01. The van der Waals surface area contributed by atoms with Crippen molar-refractivity contribution in [1.82, 2.24) is 24.5 Å². The lowest BCUT2D eigenvalue weighted by molar-refractivity contribution is -0.146. The van der Waals surface area contributed by atoms with Crippen LogP contribution in [-0.2, 0) is 14.3 Å². The molecule has 4 fully saturated rings. The molecule has 0 aromatic rings. The third-order valence-corrected chi connectivity index (χ3v) is 9.56. The molecule has 5 aliphatic rings. The fourth-order valence-electron chi connectivity index (χ4n) is 6.01. The zero-order chi connectivity index (χ0) is 36.9. The number of piperidine rings is 3. The number of aliphatic carboxylic acids is 1. The molecule has 0 radical (unpaired) electrons. The highest BCUT2D eigenvalue weighted by molar-refractivity contribution is 5.81. The quantitative estimate of drug-likeness (QED) is 0.111. The van der Waals surface area contributed by atoms with Crippen molar-refractivity contribution in [3.63, 3.8) is 0 Å². The Morgan fingerprint density at radius 2 is 0.925 bits per heavy atom. The number of carbonyl (C=O) groups is 2. The number of carboxylic acid groups (broad SMARTS) is 1. The third-order valence-electron chi connectivity index (χ3n) is 9.56. The van der Waals surface area contributed by atoms with Gasteiger partial charge in [-0.3, -0.25) is 36.2 Å². The van der Waals surface area contributed by atoms with Crippen molar-refractivity contribution in [2.45, 2.75) is 122 Å². The number of amidine groups is 5. The van der Waals surface area contributed by atoms with E-state index in [0.717, 1.165) is 76.9 Å². The maximum Gasteiger partial charge on any atom is 0.308 e. The number of rotatable bonds is 2. The van der Waals surface area contributed by atoms with Crippen LogP contribution in [0, 0.1) is 33.5 Å². The minimum absolute atomic E-state index is 0. The van der Waals surface area contributed by atoms with Crippen molar-refractivity contribution in [3.05, 3.63) is 0 Å². The number of likely N-dealkylation sites (tertiary alicyclic amines) is 4. The SMILES string of the molecule is C.C.C.C.CC(=N)N1CCC(C(=O)O)CC1.CC(=N)N1CCCC1.CC(=N)N1CCCCC1.CC1=NCCN1C.COC(=O)C1CCN(C(C)=N)CC1. The second-order valence-electron chi connectivity index (χ2n) is 13.3. The molecule has 4 saturated heterocycles. The van der Waals surface area contributed by atoms with Crippen molar-refractivity contribution < 1.29 is 19.4 Å². The number of methoxy groups -OCH3 is 1. The molecule has 53 heavy (non-hydrogen) atoms. The largest absolute Gasteiger partial charge is 0.481 e. The summed E-state index contributed by atoms with van der Waals surface area (Å²) in [4.78, 5) is 36.2. The number of aliphatic imine (C=N–C) groups is 1. The number of nitrogens with zero attached hydrogens (tertiary/aromatic N) is 6. The normalized spacial score (nSPS) is 17.9. The highest BCUT2D eigenvalue weighted by Gasteiger charge is 2.26. The number of hydrogen-bond donors (Lipinski definition) is 5. The lowest BCUT2D eigenvalue weighted by Crippen LogP contribution is -2.39. The zero-order valence-corrected chi connectivity index (χ0v) is 31.4. The molecular weight excluding hydrogens is 672 g/mol. The van der Waals surface area contributed by atoms with E-state index in [0.29, 0.717) is 37.6 Å². The van der Waals surface area contributed by atoms with Gasteiger partial charge in [-0.25, -0.2) is 0 Å². The van der Waals surface area contributed by atoms with Crippen LogP contribution in [0.25, 0.3) is 0 Å². The van der Waals surface area contributed by atoms with Crippen LogP contribution in [0.4, 0.5) is 0 Å². The molecule has 5 heterocycles. The van der Waals surface area contributed by atoms with Gasteiger partial charge in [0.25, 0.3) is 0 Å². The van der Waals surface area contributed by atoms with Gasteiger partial charge in [0.1, 0.15) is 0 Å². The smallest absolute Gasteiger partial charge is 0.308 e. The highest BCUT2D eigenvalue weighted by Crippen LogP contribution is 2.18. The molecule has 0 unspecified atom stereocenters. The van der Waals surface area contributed by atoms with E-state index in [2.05, 4.69) is 31.5 Å². The first-order valence-electron chi connectivity index (χ1n) is 17.9. The molecule has 312 valence electrons. The molecule has 0 aromatic heterocycles. The van der Waals surface area contributed by atoms with Gasteiger partial charge in [0.15, 0.2) is 0 Å². The number of hydrogen-bond acceptors (Lipinski definition) is 9. The zero-order valence-electron chi connectivity index (χ0n) is 31.4. The molecule has 5 rings (SSSR count). The number of ether oxygens (including phenoxy) is 1. The van der Waals surface area contributed by atoms with Crippen molar-refractivity contribution in [1.29, 1.82) is 21.6 Å². The number of esters is 1. The van der Waals surface area contributed by atoms with E-state index in [1.165, 1.54) is 45.0 Å². The molecule has 0 aliphatic carbocycles. The van der Waals surface area contributed by atoms with Crippen LogP contribution in [0.3, 0.4) is 0 Å². The first kappa shape index (κ1) is 56.0. The Balaban J connectivity index is -0.000000282. The topological polar surface area (TPSA) is 188 Å². The van der Waals surface area contributed by atoms with Crippen molar-refractivity contribution in [2.24, 2.45) is 16.8 Å². The molecule has 5 N–H and O–H groups in total. The van der Waals surface area contributed by atoms with Gasteiger partial charge in [-0.05, 0) is 92.4 Å². The van der Waals surface area contributed by atoms with Gasteiger partial charge >= 0.3 is 11.9 Å². The molecule has 0 aromatic carbocycles. The van der Waals surface area contributed by atoms with E-state index >= 15 is 0 Å². The number of carboxylic acids is 1. The Bertz CT molecular complexity index is 1070. The molecular formula is C39H82N10O4. The summed E-state index contributed by atoms with van der Waals surface area (Å²) in [5.41, 5.74) is 0. The van der Waals surface area contributed by atoms with Gasteiger partial charge in [0.05, 0.1) is 54.7 Å². The summed E-state index contributed by atoms with van der Waals surface area (Å²) >= 11 is 0. The molecule has 0 atom stereocenters. The van der Waals surface area contributed by atoms with Crippen molar-refractivity contribution in [3.8, 4) is 0 Å². The minimum Gasteiger partial charge on any atom is -0.481 e. The second kappa shape index (κ2) is 30.7. The summed E-state index contributed by atoms with van der Waals surface area (Å²) in [6.45, 7) is 18.8. The Morgan fingerprint density at radius 1 is 0.604 bits per heavy atom. The molecule has 0 amide bonds. The standard InChI is InChI=1S/C9H16N2O2.C8H14N2O2.C7H14N2.C6H12N2.C5H10N2.4CH4/c1-7(10)11-5-3-8(4-6-11)9(12)13-2;1-6(9)10-4-2-7(3-5-10)8(11)12;1-7(8)9-5-3-2-4-6-9;1-6(7)8-4-2-3-5-8;1-5-6-3-4-7(5)2;;;;/h8,10H,3-6H2,1-2H3;7,9H,2-5H2,1H3,(H,11,12);8H,2-6H2,1H3;7H,2-5H2,1H3;3-4H2,1-2H3;4*1H4. The Hall–Kier alpha value is -3.71. The number of carbonyl (C=O) groups excluding carboxylic acids is 1. The van der Waals surface area contributed by atoms with Gasteiger partial charge in [0, 0.05) is 66.0 Å². The summed E-state index contributed by atoms with van der Waals surface area (Å²) in [5, 5.41) is 38.0. The lowest BCUT2D eigenvalue weighted by atomic mass is 9.97. The molecule has 14 nitrogen and oxygen atoms in total. The molecule has 0 bridgehead atoms. The third kappa shape index (κ3) is 22.9.